The standard InChI is InChI=1S/C21H24N4O4/c1-12(2)25-19(8-9-22-25)24-20(26)14(4)29-21(27)17-11-15-10-16(28-5)6-7-18(15)23-13(17)3/h6-12,14H,1-5H3,(H,24,26). The van der Waals surface area contributed by atoms with Crippen LogP contribution in [0.3, 0.4) is 0 Å². The number of hydrogen-bond donors (Lipinski definition) is 1. The van der Waals surface area contributed by atoms with E-state index in [9.17, 15) is 9.59 Å². The summed E-state index contributed by atoms with van der Waals surface area (Å²) < 4.78 is 12.3. The van der Waals surface area contributed by atoms with E-state index in [1.165, 1.54) is 6.92 Å². The van der Waals surface area contributed by atoms with Gasteiger partial charge in [-0.05, 0) is 52.0 Å². The average Bonchev–Trinajstić information content (AvgIpc) is 3.15. The Bertz CT molecular complexity index is 1060. The molecule has 29 heavy (non-hydrogen) atoms. The summed E-state index contributed by atoms with van der Waals surface area (Å²) >= 11 is 0. The van der Waals surface area contributed by atoms with Gasteiger partial charge in [0.25, 0.3) is 5.91 Å². The Balaban J connectivity index is 1.75. The van der Waals surface area contributed by atoms with E-state index >= 15 is 0 Å². The van der Waals surface area contributed by atoms with E-state index in [0.717, 1.165) is 10.9 Å². The van der Waals surface area contributed by atoms with Crippen LogP contribution in [0.15, 0.2) is 36.5 Å². The Morgan fingerprint density at radius 2 is 1.90 bits per heavy atom. The van der Waals surface area contributed by atoms with Crippen LogP contribution in [0.2, 0.25) is 0 Å². The fourth-order valence-electron chi connectivity index (χ4n) is 2.91. The zero-order valence-electron chi connectivity index (χ0n) is 17.1. The topological polar surface area (TPSA) is 95.3 Å². The van der Waals surface area contributed by atoms with Crippen LogP contribution in [0.1, 0.15) is 42.9 Å². The molecule has 0 fully saturated rings. The van der Waals surface area contributed by atoms with E-state index < -0.39 is 18.0 Å². The summed E-state index contributed by atoms with van der Waals surface area (Å²) in [6.45, 7) is 7.16. The lowest BCUT2D eigenvalue weighted by molar-refractivity contribution is -0.123. The summed E-state index contributed by atoms with van der Waals surface area (Å²) in [5, 5.41) is 7.66. The summed E-state index contributed by atoms with van der Waals surface area (Å²) in [6, 6.07) is 8.90. The fourth-order valence-corrected chi connectivity index (χ4v) is 2.91. The van der Waals surface area contributed by atoms with Crippen molar-refractivity contribution in [1.82, 2.24) is 14.8 Å². The summed E-state index contributed by atoms with van der Waals surface area (Å²) in [4.78, 5) is 29.6. The molecule has 8 heteroatoms. The van der Waals surface area contributed by atoms with Crippen LogP contribution in [-0.2, 0) is 9.53 Å². The molecule has 1 aromatic carbocycles. The molecule has 2 aromatic heterocycles. The van der Waals surface area contributed by atoms with Gasteiger partial charge in [-0.1, -0.05) is 0 Å². The van der Waals surface area contributed by atoms with Crippen molar-refractivity contribution in [2.24, 2.45) is 0 Å². The molecule has 1 N–H and O–H groups in total. The van der Waals surface area contributed by atoms with Gasteiger partial charge in [0.1, 0.15) is 11.6 Å². The molecule has 0 aliphatic carbocycles. The first kappa shape index (κ1) is 20.3. The maximum atomic E-state index is 12.7. The van der Waals surface area contributed by atoms with Gasteiger partial charge in [-0.15, -0.1) is 0 Å². The highest BCUT2D eigenvalue weighted by molar-refractivity contribution is 5.99. The number of rotatable bonds is 6. The number of carbonyl (C=O) groups is 2. The van der Waals surface area contributed by atoms with E-state index in [-0.39, 0.29) is 6.04 Å². The smallest absolute Gasteiger partial charge is 0.340 e. The third kappa shape index (κ3) is 4.37. The van der Waals surface area contributed by atoms with E-state index in [0.29, 0.717) is 22.8 Å². The van der Waals surface area contributed by atoms with Gasteiger partial charge in [0.2, 0.25) is 0 Å². The highest BCUT2D eigenvalue weighted by atomic mass is 16.5. The predicted octanol–water partition coefficient (Wildman–Crippen LogP) is 3.51. The predicted molar refractivity (Wildman–Crippen MR) is 109 cm³/mol. The molecule has 0 aliphatic rings. The molecule has 1 unspecified atom stereocenters. The largest absolute Gasteiger partial charge is 0.497 e. The van der Waals surface area contributed by atoms with Crippen LogP contribution in [0.25, 0.3) is 10.9 Å². The number of esters is 1. The monoisotopic (exact) mass is 396 g/mol. The van der Waals surface area contributed by atoms with Gasteiger partial charge in [0, 0.05) is 17.5 Å². The molecule has 0 spiro atoms. The van der Waals surface area contributed by atoms with Gasteiger partial charge in [-0.25, -0.2) is 9.48 Å². The number of nitrogens with zero attached hydrogens (tertiary/aromatic N) is 3. The normalized spacial score (nSPS) is 12.1. The molecule has 8 nitrogen and oxygen atoms in total. The van der Waals surface area contributed by atoms with E-state index in [2.05, 4.69) is 15.4 Å². The van der Waals surface area contributed by atoms with Gasteiger partial charge in [0.15, 0.2) is 6.10 Å². The zero-order valence-corrected chi connectivity index (χ0v) is 17.1. The van der Waals surface area contributed by atoms with Crippen molar-refractivity contribution in [3.63, 3.8) is 0 Å². The quantitative estimate of drug-likeness (QED) is 0.641. The lowest BCUT2D eigenvalue weighted by Gasteiger charge is -2.16. The minimum absolute atomic E-state index is 0.0847. The second kappa shape index (κ2) is 8.30. The first-order valence-electron chi connectivity index (χ1n) is 9.31. The van der Waals surface area contributed by atoms with Gasteiger partial charge in [-0.2, -0.15) is 5.10 Å². The van der Waals surface area contributed by atoms with Gasteiger partial charge >= 0.3 is 5.97 Å². The highest BCUT2D eigenvalue weighted by Crippen LogP contribution is 2.23. The van der Waals surface area contributed by atoms with Crippen molar-refractivity contribution in [2.75, 3.05) is 12.4 Å². The summed E-state index contributed by atoms with van der Waals surface area (Å²) in [5.41, 5.74) is 1.57. The van der Waals surface area contributed by atoms with Crippen LogP contribution in [0, 0.1) is 6.92 Å². The van der Waals surface area contributed by atoms with Crippen LogP contribution < -0.4 is 10.1 Å². The first-order chi connectivity index (χ1) is 13.8. The summed E-state index contributed by atoms with van der Waals surface area (Å²) in [6.07, 6.45) is 0.614. The summed E-state index contributed by atoms with van der Waals surface area (Å²) in [7, 11) is 1.57. The first-order valence-corrected chi connectivity index (χ1v) is 9.31. The number of pyridine rings is 1. The molecule has 1 atom stereocenters. The van der Waals surface area contributed by atoms with Crippen LogP contribution in [-0.4, -0.2) is 39.9 Å². The number of benzene rings is 1. The fraction of sp³-hybridized carbons (Fsp3) is 0.333. The molecule has 0 saturated heterocycles. The summed E-state index contributed by atoms with van der Waals surface area (Å²) in [5.74, 6) is 0.161. The molecule has 3 aromatic rings. The van der Waals surface area contributed by atoms with E-state index in [4.69, 9.17) is 9.47 Å². The molecular formula is C21H24N4O4. The van der Waals surface area contributed by atoms with Crippen molar-refractivity contribution in [3.8, 4) is 5.75 Å². The Hall–Kier alpha value is -3.42. The van der Waals surface area contributed by atoms with Crippen LogP contribution in [0.5, 0.6) is 5.75 Å². The number of methoxy groups -OCH3 is 1. The van der Waals surface area contributed by atoms with Crippen molar-refractivity contribution in [2.45, 2.75) is 39.8 Å². The lowest BCUT2D eigenvalue weighted by Crippen LogP contribution is -2.31. The number of anilines is 1. The molecular weight excluding hydrogens is 372 g/mol. The van der Waals surface area contributed by atoms with Crippen molar-refractivity contribution < 1.29 is 19.1 Å². The third-order valence-electron chi connectivity index (χ3n) is 4.50. The Morgan fingerprint density at radius 1 is 1.14 bits per heavy atom. The Morgan fingerprint density at radius 3 is 2.59 bits per heavy atom. The molecule has 0 radical (unpaired) electrons. The maximum absolute atomic E-state index is 12.7. The minimum atomic E-state index is -0.988. The number of carbonyl (C=O) groups excluding carboxylic acids is 2. The molecule has 0 aliphatic heterocycles. The second-order valence-electron chi connectivity index (χ2n) is 6.97. The maximum Gasteiger partial charge on any atom is 0.340 e. The van der Waals surface area contributed by atoms with Crippen LogP contribution in [0.4, 0.5) is 5.82 Å². The molecule has 1 amide bonds. The average molecular weight is 396 g/mol. The number of aryl methyl sites for hydroxylation is 1. The molecule has 2 heterocycles. The lowest BCUT2D eigenvalue weighted by atomic mass is 10.1. The van der Waals surface area contributed by atoms with E-state index in [1.54, 1.807) is 49.2 Å². The Kier molecular flexibility index (Phi) is 5.81. The number of aromatic nitrogens is 3. The Labute approximate surface area is 168 Å². The molecule has 0 saturated carbocycles. The number of nitrogens with one attached hydrogen (secondary N) is 1. The van der Waals surface area contributed by atoms with Crippen molar-refractivity contribution in [3.05, 3.63) is 47.8 Å². The number of fused-ring (bicyclic) bond motifs is 1. The molecule has 3 rings (SSSR count). The van der Waals surface area contributed by atoms with Gasteiger partial charge in [0.05, 0.1) is 30.1 Å². The SMILES string of the molecule is COc1ccc2nc(C)c(C(=O)OC(C)C(=O)Nc3ccnn3C(C)C)cc2c1. The number of amides is 1. The molecule has 152 valence electrons. The number of ether oxygens (including phenoxy) is 2. The van der Waals surface area contributed by atoms with E-state index in [1.807, 2.05) is 19.9 Å². The molecule has 0 bridgehead atoms. The number of hydrogen-bond acceptors (Lipinski definition) is 6. The zero-order chi connectivity index (χ0) is 21.1. The van der Waals surface area contributed by atoms with Crippen LogP contribution >= 0.6 is 0 Å². The van der Waals surface area contributed by atoms with Gasteiger partial charge < -0.3 is 14.8 Å². The minimum Gasteiger partial charge on any atom is -0.497 e. The van der Waals surface area contributed by atoms with Gasteiger partial charge in [-0.3, -0.25) is 9.78 Å². The second-order valence-corrected chi connectivity index (χ2v) is 6.97. The third-order valence-corrected chi connectivity index (χ3v) is 4.50. The van der Waals surface area contributed by atoms with Crippen molar-refractivity contribution >= 4 is 28.6 Å². The van der Waals surface area contributed by atoms with Crippen molar-refractivity contribution in [1.29, 1.82) is 0 Å². The highest BCUT2D eigenvalue weighted by Gasteiger charge is 2.22.